The summed E-state index contributed by atoms with van der Waals surface area (Å²) in [6.07, 6.45) is 1.57. The van der Waals surface area contributed by atoms with Crippen LogP contribution in [0.15, 0.2) is 77.3 Å². The van der Waals surface area contributed by atoms with Crippen molar-refractivity contribution < 1.29 is 21.3 Å². The Morgan fingerprint density at radius 3 is 2.47 bits per heavy atom. The monoisotopic (exact) mass is 452 g/mol. The Hall–Kier alpha value is -3.98. The second-order valence-corrected chi connectivity index (χ2v) is 8.58. The molecule has 34 heavy (non-hydrogen) atoms. The minimum atomic E-state index is -2.45. The van der Waals surface area contributed by atoms with Crippen LogP contribution in [0.3, 0.4) is 0 Å². The molecule has 166 valence electrons. The van der Waals surface area contributed by atoms with Gasteiger partial charge >= 0.3 is 0 Å². The van der Waals surface area contributed by atoms with Gasteiger partial charge in [-0.2, -0.15) is 0 Å². The average molecular weight is 453 g/mol. The van der Waals surface area contributed by atoms with Crippen LogP contribution in [0.25, 0.3) is 55.2 Å². The van der Waals surface area contributed by atoms with E-state index in [9.17, 15) is 0 Å². The van der Waals surface area contributed by atoms with Gasteiger partial charge < -0.3 is 4.42 Å². The summed E-state index contributed by atoms with van der Waals surface area (Å²) in [6, 6.07) is 19.1. The number of benzene rings is 3. The Morgan fingerprint density at radius 2 is 1.71 bits per heavy atom. The quantitative estimate of drug-likeness (QED) is 0.254. The molecule has 0 saturated carbocycles. The van der Waals surface area contributed by atoms with Gasteiger partial charge in [0.1, 0.15) is 7.05 Å². The number of aryl methyl sites for hydroxylation is 5. The predicted molar refractivity (Wildman–Crippen MR) is 140 cm³/mol. The molecule has 0 atom stereocenters. The second-order valence-electron chi connectivity index (χ2n) is 8.58. The molecule has 0 N–H and O–H groups in total. The van der Waals surface area contributed by atoms with Crippen molar-refractivity contribution in [2.24, 2.45) is 7.05 Å². The van der Waals surface area contributed by atoms with Crippen LogP contribution in [-0.4, -0.2) is 4.98 Å². The number of hydrogen-bond acceptors (Lipinski definition) is 2. The highest BCUT2D eigenvalue weighted by Crippen LogP contribution is 2.43. The molecule has 0 aliphatic heterocycles. The third-order valence-electron chi connectivity index (χ3n) is 6.48. The van der Waals surface area contributed by atoms with E-state index in [4.69, 9.17) is 16.8 Å². The average Bonchev–Trinajstić information content (AvgIpc) is 3.31. The maximum absolute atomic E-state index is 8.26. The number of aromatic nitrogens is 2. The lowest BCUT2D eigenvalue weighted by atomic mass is 9.91. The number of hydrogen-bond donors (Lipinski definition) is 0. The first kappa shape index (κ1) is 13.0. The Morgan fingerprint density at radius 1 is 0.882 bits per heavy atom. The van der Waals surface area contributed by atoms with Crippen molar-refractivity contribution in [3.63, 3.8) is 0 Å². The molecule has 0 aliphatic carbocycles. The highest BCUT2D eigenvalue weighted by molar-refractivity contribution is 6.23. The van der Waals surface area contributed by atoms with Gasteiger partial charge in [-0.05, 0) is 67.1 Å². The van der Waals surface area contributed by atoms with Crippen LogP contribution >= 0.6 is 0 Å². The van der Waals surface area contributed by atoms with Crippen LogP contribution in [0.2, 0.25) is 0 Å². The summed E-state index contributed by atoms with van der Waals surface area (Å²) in [5.74, 6) is 0. The maximum atomic E-state index is 8.26. The molecule has 0 aliphatic rings. The maximum Gasteiger partial charge on any atom is 0.227 e. The minimum Gasteiger partial charge on any atom is -0.437 e. The molecule has 3 nitrogen and oxygen atoms in total. The first-order chi connectivity index (χ1) is 20.1. The summed E-state index contributed by atoms with van der Waals surface area (Å²) in [5.41, 5.74) is 4.15. The van der Waals surface area contributed by atoms with Crippen molar-refractivity contribution in [2.45, 2.75) is 27.5 Å². The van der Waals surface area contributed by atoms with Crippen LogP contribution in [-0.2, 0) is 7.05 Å². The molecule has 0 radical (unpaired) electrons. The fourth-order valence-electron chi connectivity index (χ4n) is 4.85. The standard InChI is InChI=1S/C31H27N2O/c1-18-10-13-22(14-11-18)26-16-27(33(5)17-19(26)2)28-21(4)23-8-6-7-9-24(23)29-25-15-12-20(3)32-31(25)34-30(28)29/h6-17H,1-5H3/q+1/i1D3,2D3,3D3. The van der Waals surface area contributed by atoms with E-state index in [2.05, 4.69) is 4.98 Å². The van der Waals surface area contributed by atoms with E-state index in [-0.39, 0.29) is 22.5 Å². The molecule has 3 aromatic heterocycles. The Kier molecular flexibility index (Phi) is 2.89. The topological polar surface area (TPSA) is 29.9 Å². The van der Waals surface area contributed by atoms with Gasteiger partial charge in [0.15, 0.2) is 11.8 Å². The Balaban J connectivity index is 1.70. The molecule has 0 amide bonds. The molecule has 0 saturated heterocycles. The predicted octanol–water partition coefficient (Wildman–Crippen LogP) is 7.53. The van der Waals surface area contributed by atoms with Gasteiger partial charge in [0.05, 0.1) is 5.56 Å². The molecule has 0 bridgehead atoms. The van der Waals surface area contributed by atoms with Crippen LogP contribution in [0.5, 0.6) is 0 Å². The van der Waals surface area contributed by atoms with Gasteiger partial charge in [0.25, 0.3) is 0 Å². The fourth-order valence-corrected chi connectivity index (χ4v) is 4.85. The minimum absolute atomic E-state index is 0.0722. The first-order valence-corrected chi connectivity index (χ1v) is 11.0. The van der Waals surface area contributed by atoms with E-state index in [1.54, 1.807) is 42.1 Å². The Labute approximate surface area is 212 Å². The normalized spacial score (nSPS) is 16.7. The van der Waals surface area contributed by atoms with E-state index in [1.807, 2.05) is 31.2 Å². The van der Waals surface area contributed by atoms with Crippen LogP contribution < -0.4 is 4.57 Å². The third kappa shape index (κ3) is 3.04. The number of fused-ring (bicyclic) bond motifs is 5. The summed E-state index contributed by atoms with van der Waals surface area (Å²) in [7, 11) is 1.76. The molecule has 0 unspecified atom stereocenters. The number of nitrogens with zero attached hydrogens (tertiary/aromatic N) is 2. The highest BCUT2D eigenvalue weighted by Gasteiger charge is 2.25. The zero-order valence-corrected chi connectivity index (χ0v) is 18.7. The molecular formula is C31H27N2O+. The van der Waals surface area contributed by atoms with Crippen molar-refractivity contribution >= 4 is 32.8 Å². The summed E-state index contributed by atoms with van der Waals surface area (Å²) >= 11 is 0. The van der Waals surface area contributed by atoms with Gasteiger partial charge in [-0.3, -0.25) is 0 Å². The lowest BCUT2D eigenvalue weighted by Crippen LogP contribution is -2.31. The summed E-state index contributed by atoms with van der Waals surface area (Å²) < 4.78 is 79.5. The SMILES string of the molecule is [2H]C([2H])([2H])c1ccc(-c2cc(-c3c(C)c4ccccc4c4c3oc3nc(C([2H])([2H])[2H])ccc34)[n+](C)cc2C([2H])([2H])[2H])cc1. The van der Waals surface area contributed by atoms with E-state index in [0.29, 0.717) is 33.4 Å². The van der Waals surface area contributed by atoms with Crippen LogP contribution in [0, 0.1) is 27.5 Å². The van der Waals surface area contributed by atoms with Crippen molar-refractivity contribution in [2.75, 3.05) is 0 Å². The number of rotatable bonds is 2. The third-order valence-corrected chi connectivity index (χ3v) is 6.48. The van der Waals surface area contributed by atoms with E-state index in [1.165, 1.54) is 18.2 Å². The van der Waals surface area contributed by atoms with Gasteiger partial charge in [0, 0.05) is 40.4 Å². The summed E-state index contributed by atoms with van der Waals surface area (Å²) in [6.45, 7) is -5.18. The van der Waals surface area contributed by atoms with E-state index in [0.717, 1.165) is 21.7 Å². The lowest BCUT2D eigenvalue weighted by molar-refractivity contribution is -0.660. The zero-order valence-electron chi connectivity index (χ0n) is 27.7. The molecule has 3 heterocycles. The van der Waals surface area contributed by atoms with Crippen molar-refractivity contribution in [1.82, 2.24) is 4.98 Å². The number of furan rings is 1. The van der Waals surface area contributed by atoms with Gasteiger partial charge in [0.2, 0.25) is 11.4 Å². The smallest absolute Gasteiger partial charge is 0.227 e. The highest BCUT2D eigenvalue weighted by atomic mass is 16.3. The van der Waals surface area contributed by atoms with Gasteiger partial charge in [-0.25, -0.2) is 9.55 Å². The van der Waals surface area contributed by atoms with E-state index >= 15 is 0 Å². The molecular weight excluding hydrogens is 416 g/mol. The molecule has 6 rings (SSSR count). The van der Waals surface area contributed by atoms with Gasteiger partial charge in [-0.15, -0.1) is 0 Å². The largest absolute Gasteiger partial charge is 0.437 e. The lowest BCUT2D eigenvalue weighted by Gasteiger charge is -2.13. The summed E-state index contributed by atoms with van der Waals surface area (Å²) in [5, 5.41) is 3.32. The number of pyridine rings is 2. The molecule has 0 spiro atoms. The van der Waals surface area contributed by atoms with Crippen LogP contribution in [0.1, 0.15) is 34.7 Å². The van der Waals surface area contributed by atoms with Crippen molar-refractivity contribution in [1.29, 1.82) is 0 Å². The van der Waals surface area contributed by atoms with Crippen LogP contribution in [0.4, 0.5) is 0 Å². The molecule has 6 aromatic rings. The van der Waals surface area contributed by atoms with Crippen molar-refractivity contribution in [3.8, 4) is 22.4 Å². The fraction of sp³-hybridized carbons (Fsp3) is 0.161. The molecule has 3 heteroatoms. The zero-order chi connectivity index (χ0) is 31.1. The first-order valence-electron chi connectivity index (χ1n) is 15.5. The molecule has 0 fully saturated rings. The Bertz CT molecular complexity index is 2050. The van der Waals surface area contributed by atoms with Gasteiger partial charge in [-0.1, -0.05) is 54.1 Å². The summed E-state index contributed by atoms with van der Waals surface area (Å²) in [4.78, 5) is 4.36. The second kappa shape index (κ2) is 7.53. The van der Waals surface area contributed by atoms with Crippen molar-refractivity contribution in [3.05, 3.63) is 95.3 Å². The van der Waals surface area contributed by atoms with E-state index < -0.39 is 20.6 Å². The molecule has 3 aromatic carbocycles.